The van der Waals surface area contributed by atoms with Crippen molar-refractivity contribution in [2.45, 2.75) is 25.8 Å². The molecule has 2 aromatic rings. The number of aromatic carboxylic acids is 1. The highest BCUT2D eigenvalue weighted by Crippen LogP contribution is 2.20. The molecule has 0 bridgehead atoms. The molecular formula is C18H19N3O3. The predicted molar refractivity (Wildman–Crippen MR) is 88.9 cm³/mol. The smallest absolute Gasteiger partial charge is 0.356 e. The lowest BCUT2D eigenvalue weighted by Crippen LogP contribution is -2.24. The zero-order valence-corrected chi connectivity index (χ0v) is 13.2. The van der Waals surface area contributed by atoms with Crippen LogP contribution < -0.4 is 5.32 Å². The minimum Gasteiger partial charge on any atom is -0.476 e. The lowest BCUT2D eigenvalue weighted by Gasteiger charge is -2.10. The molecule has 6 nitrogen and oxygen atoms in total. The van der Waals surface area contributed by atoms with Crippen LogP contribution in [0.3, 0.4) is 0 Å². The highest BCUT2D eigenvalue weighted by molar-refractivity contribution is 5.85. The second kappa shape index (κ2) is 7.12. The number of rotatable bonds is 6. The molecule has 2 N–H and O–H groups in total. The van der Waals surface area contributed by atoms with E-state index in [9.17, 15) is 9.59 Å². The Hall–Kier alpha value is -2.89. The van der Waals surface area contributed by atoms with Crippen molar-refractivity contribution in [2.24, 2.45) is 5.92 Å². The van der Waals surface area contributed by atoms with Gasteiger partial charge < -0.3 is 10.4 Å². The molecule has 1 aromatic heterocycles. The van der Waals surface area contributed by atoms with E-state index in [2.05, 4.69) is 22.6 Å². The summed E-state index contributed by atoms with van der Waals surface area (Å²) in [5, 5.41) is 15.9. The number of benzene rings is 1. The molecule has 1 aromatic carbocycles. The number of carbonyl (C=O) groups is 2. The molecule has 0 fully saturated rings. The molecule has 124 valence electrons. The Bertz CT molecular complexity index is 779. The fourth-order valence-electron chi connectivity index (χ4n) is 2.77. The molecule has 1 aliphatic rings. The number of amides is 1. The van der Waals surface area contributed by atoms with Gasteiger partial charge in [-0.15, -0.1) is 0 Å². The van der Waals surface area contributed by atoms with Crippen molar-refractivity contribution in [3.8, 4) is 5.69 Å². The highest BCUT2D eigenvalue weighted by atomic mass is 16.4. The first kappa shape index (κ1) is 16.0. The molecule has 0 saturated heterocycles. The van der Waals surface area contributed by atoms with Crippen LogP contribution in [0.25, 0.3) is 5.69 Å². The molecule has 1 amide bonds. The molecule has 1 aliphatic carbocycles. The quantitative estimate of drug-likeness (QED) is 0.799. The summed E-state index contributed by atoms with van der Waals surface area (Å²) in [6.07, 6.45) is 8.47. The van der Waals surface area contributed by atoms with Crippen molar-refractivity contribution < 1.29 is 14.7 Å². The zero-order valence-electron chi connectivity index (χ0n) is 13.2. The van der Waals surface area contributed by atoms with Crippen molar-refractivity contribution in [3.63, 3.8) is 0 Å². The van der Waals surface area contributed by atoms with Crippen LogP contribution in [0.1, 0.15) is 35.3 Å². The van der Waals surface area contributed by atoms with Gasteiger partial charge in [-0.1, -0.05) is 24.3 Å². The van der Waals surface area contributed by atoms with Crippen molar-refractivity contribution in [1.29, 1.82) is 0 Å². The van der Waals surface area contributed by atoms with E-state index >= 15 is 0 Å². The minimum absolute atomic E-state index is 0.00155. The maximum Gasteiger partial charge on any atom is 0.356 e. The number of carbonyl (C=O) groups excluding carboxylic acids is 1. The van der Waals surface area contributed by atoms with Gasteiger partial charge >= 0.3 is 5.97 Å². The summed E-state index contributed by atoms with van der Waals surface area (Å²) in [6, 6.07) is 8.95. The topological polar surface area (TPSA) is 84.2 Å². The number of nitrogens with one attached hydrogen (secondary N) is 1. The van der Waals surface area contributed by atoms with Gasteiger partial charge in [0.1, 0.15) is 0 Å². The second-order valence-electron chi connectivity index (χ2n) is 5.87. The normalized spacial score (nSPS) is 16.2. The number of carboxylic acids is 1. The molecule has 6 heteroatoms. The van der Waals surface area contributed by atoms with E-state index in [1.54, 1.807) is 6.20 Å². The van der Waals surface area contributed by atoms with Crippen LogP contribution in [0.15, 0.2) is 48.7 Å². The zero-order chi connectivity index (χ0) is 16.9. The van der Waals surface area contributed by atoms with Crippen LogP contribution in [0, 0.1) is 5.92 Å². The lowest BCUT2D eigenvalue weighted by molar-refractivity contribution is -0.121. The van der Waals surface area contributed by atoms with Crippen LogP contribution in [-0.2, 0) is 11.3 Å². The van der Waals surface area contributed by atoms with Crippen LogP contribution in [0.4, 0.5) is 0 Å². The van der Waals surface area contributed by atoms with Gasteiger partial charge in [-0.05, 0) is 42.5 Å². The van der Waals surface area contributed by atoms with E-state index < -0.39 is 5.97 Å². The van der Waals surface area contributed by atoms with Crippen LogP contribution in [-0.4, -0.2) is 26.8 Å². The Kier molecular flexibility index (Phi) is 4.74. The largest absolute Gasteiger partial charge is 0.476 e. The number of allylic oxidation sites excluding steroid dienone is 2. The number of nitrogens with zero attached hydrogens (tertiary/aromatic N) is 2. The number of hydrogen-bond donors (Lipinski definition) is 2. The van der Waals surface area contributed by atoms with E-state index in [0.29, 0.717) is 18.9 Å². The van der Waals surface area contributed by atoms with E-state index in [4.69, 9.17) is 5.11 Å². The number of hydrogen-bond acceptors (Lipinski definition) is 3. The van der Waals surface area contributed by atoms with Gasteiger partial charge in [-0.25, -0.2) is 9.48 Å². The molecule has 3 rings (SSSR count). The fourth-order valence-corrected chi connectivity index (χ4v) is 2.77. The van der Waals surface area contributed by atoms with Gasteiger partial charge in [-0.3, -0.25) is 4.79 Å². The molecule has 0 unspecified atom stereocenters. The first-order chi connectivity index (χ1) is 11.6. The second-order valence-corrected chi connectivity index (χ2v) is 5.87. The van der Waals surface area contributed by atoms with E-state index in [1.807, 2.05) is 24.3 Å². The molecule has 0 saturated carbocycles. The molecular weight excluding hydrogens is 306 g/mol. The third kappa shape index (κ3) is 3.90. The van der Waals surface area contributed by atoms with Gasteiger partial charge in [0.15, 0.2) is 5.69 Å². The van der Waals surface area contributed by atoms with Crippen LogP contribution in [0.5, 0.6) is 0 Å². The van der Waals surface area contributed by atoms with Gasteiger partial charge in [0.25, 0.3) is 0 Å². The predicted octanol–water partition coefficient (Wildman–Crippen LogP) is 2.54. The average Bonchev–Trinajstić information content (AvgIpc) is 3.25. The summed E-state index contributed by atoms with van der Waals surface area (Å²) in [5.74, 6) is -0.655. The third-order valence-electron chi connectivity index (χ3n) is 4.03. The maximum atomic E-state index is 12.0. The summed E-state index contributed by atoms with van der Waals surface area (Å²) in [5.41, 5.74) is 1.70. The average molecular weight is 325 g/mol. The summed E-state index contributed by atoms with van der Waals surface area (Å²) in [4.78, 5) is 22.9. The fraction of sp³-hybridized carbons (Fsp3) is 0.278. The molecule has 1 heterocycles. The maximum absolute atomic E-state index is 12.0. The third-order valence-corrected chi connectivity index (χ3v) is 4.03. The molecule has 24 heavy (non-hydrogen) atoms. The van der Waals surface area contributed by atoms with Gasteiger partial charge in [0.2, 0.25) is 5.91 Å². The number of carboxylic acid groups (broad SMARTS) is 1. The summed E-state index contributed by atoms with van der Waals surface area (Å²) < 4.78 is 1.51. The molecule has 0 spiro atoms. The Morgan fingerprint density at radius 2 is 2.21 bits per heavy atom. The first-order valence-corrected chi connectivity index (χ1v) is 7.93. The van der Waals surface area contributed by atoms with E-state index in [0.717, 1.165) is 24.1 Å². The summed E-state index contributed by atoms with van der Waals surface area (Å²) >= 11 is 0. The minimum atomic E-state index is -1.06. The van der Waals surface area contributed by atoms with E-state index in [-0.39, 0.29) is 11.6 Å². The molecule has 1 atom stereocenters. The van der Waals surface area contributed by atoms with Crippen LogP contribution in [0.2, 0.25) is 0 Å². The molecule has 0 aliphatic heterocycles. The Morgan fingerprint density at radius 1 is 1.33 bits per heavy atom. The standard InChI is InChI=1S/C18H19N3O3/c22-17(11-13-4-1-2-5-13)19-12-14-6-3-7-15(10-14)21-9-8-16(20-21)18(23)24/h1,3-4,6-10,13H,2,5,11-12H2,(H,19,22)(H,23,24)/t13-/m1/s1. The van der Waals surface area contributed by atoms with Crippen molar-refractivity contribution in [1.82, 2.24) is 15.1 Å². The summed E-state index contributed by atoms with van der Waals surface area (Å²) in [6.45, 7) is 0.441. The Labute approximate surface area is 139 Å². The number of aromatic nitrogens is 2. The monoisotopic (exact) mass is 325 g/mol. The summed E-state index contributed by atoms with van der Waals surface area (Å²) in [7, 11) is 0. The van der Waals surface area contributed by atoms with Gasteiger partial charge in [-0.2, -0.15) is 5.10 Å². The van der Waals surface area contributed by atoms with E-state index in [1.165, 1.54) is 10.7 Å². The molecule has 0 radical (unpaired) electrons. The van der Waals surface area contributed by atoms with Gasteiger partial charge in [0.05, 0.1) is 5.69 Å². The van der Waals surface area contributed by atoms with Crippen molar-refractivity contribution in [2.75, 3.05) is 0 Å². The highest BCUT2D eigenvalue weighted by Gasteiger charge is 2.13. The Balaban J connectivity index is 1.61. The van der Waals surface area contributed by atoms with Gasteiger partial charge in [0, 0.05) is 19.2 Å². The SMILES string of the molecule is O=C(C[C@@H]1C=CCC1)NCc1cccc(-n2ccc(C(=O)O)n2)c1. The van der Waals surface area contributed by atoms with Crippen molar-refractivity contribution in [3.05, 3.63) is 59.9 Å². The van der Waals surface area contributed by atoms with Crippen LogP contribution >= 0.6 is 0 Å². The Morgan fingerprint density at radius 3 is 2.92 bits per heavy atom. The first-order valence-electron chi connectivity index (χ1n) is 7.93. The lowest BCUT2D eigenvalue weighted by atomic mass is 10.1. The van der Waals surface area contributed by atoms with Crippen molar-refractivity contribution >= 4 is 11.9 Å².